The summed E-state index contributed by atoms with van der Waals surface area (Å²) >= 11 is 0. The minimum Gasteiger partial charge on any atom is -0.258 e. The van der Waals surface area contributed by atoms with E-state index in [1.807, 2.05) is 0 Å². The molecule has 3 aromatic rings. The zero-order valence-electron chi connectivity index (χ0n) is 11.9. The molecule has 0 aliphatic heterocycles. The van der Waals surface area contributed by atoms with Gasteiger partial charge < -0.3 is 0 Å². The minimum absolute atomic E-state index is 0.0811. The molecule has 0 saturated carbocycles. The number of rotatable bonds is 4. The van der Waals surface area contributed by atoms with Crippen molar-refractivity contribution < 1.29 is 13.3 Å². The van der Waals surface area contributed by atoms with Gasteiger partial charge in [0.25, 0.3) is 5.69 Å². The minimum atomic E-state index is -3.68. The lowest BCUT2D eigenvalue weighted by atomic mass is 10.1. The molecule has 1 aromatic heterocycles. The first-order chi connectivity index (χ1) is 11.0. The van der Waals surface area contributed by atoms with Crippen LogP contribution in [0, 0.1) is 10.1 Å². The van der Waals surface area contributed by atoms with Crippen LogP contribution in [0.1, 0.15) is 5.56 Å². The third-order valence-electron chi connectivity index (χ3n) is 3.45. The van der Waals surface area contributed by atoms with Gasteiger partial charge >= 0.3 is 0 Å². The van der Waals surface area contributed by atoms with E-state index >= 15 is 0 Å². The summed E-state index contributed by atoms with van der Waals surface area (Å²) in [5, 5.41) is 11.8. The van der Waals surface area contributed by atoms with Crippen molar-refractivity contribution in [3.05, 3.63) is 76.5 Å². The third kappa shape index (κ3) is 2.91. The number of aromatic nitrogens is 1. The fraction of sp³-hybridized carbons (Fsp3) is 0.0625. The average molecular weight is 328 g/mol. The second-order valence-electron chi connectivity index (χ2n) is 4.98. The zero-order chi connectivity index (χ0) is 16.4. The van der Waals surface area contributed by atoms with Crippen LogP contribution in [0.25, 0.3) is 10.9 Å². The molecule has 116 valence electrons. The summed E-state index contributed by atoms with van der Waals surface area (Å²) in [6, 6.07) is 14.5. The van der Waals surface area contributed by atoms with Crippen LogP contribution in [0.5, 0.6) is 0 Å². The van der Waals surface area contributed by atoms with Crippen molar-refractivity contribution >= 4 is 26.4 Å². The first kappa shape index (κ1) is 15.1. The molecule has 0 amide bonds. The number of para-hydroxylation sites is 1. The largest absolute Gasteiger partial charge is 0.284 e. The van der Waals surface area contributed by atoms with E-state index in [2.05, 4.69) is 4.98 Å². The first-order valence-electron chi connectivity index (χ1n) is 6.78. The number of sulfone groups is 1. The standard InChI is InChI=1S/C16H12N2O4S/c19-18(20)16-12(10-17-15-9-5-4-8-14(15)16)11-23(21,22)13-6-2-1-3-7-13/h1-10H,11H2. The van der Waals surface area contributed by atoms with Crippen LogP contribution < -0.4 is 0 Å². The van der Waals surface area contributed by atoms with E-state index in [1.165, 1.54) is 18.3 Å². The summed E-state index contributed by atoms with van der Waals surface area (Å²) < 4.78 is 24.9. The highest BCUT2D eigenvalue weighted by atomic mass is 32.2. The lowest BCUT2D eigenvalue weighted by Gasteiger charge is -2.07. The molecule has 0 aliphatic rings. The van der Waals surface area contributed by atoms with E-state index in [0.717, 1.165) is 0 Å². The van der Waals surface area contributed by atoms with Gasteiger partial charge in [0, 0.05) is 6.20 Å². The second-order valence-corrected chi connectivity index (χ2v) is 6.97. The lowest BCUT2D eigenvalue weighted by Crippen LogP contribution is -2.08. The Kier molecular flexibility index (Phi) is 3.79. The molecule has 3 rings (SSSR count). The van der Waals surface area contributed by atoms with Crippen LogP contribution in [0.3, 0.4) is 0 Å². The van der Waals surface area contributed by atoms with Crippen LogP contribution in [0.15, 0.2) is 65.7 Å². The Labute approximate surface area is 132 Å². The van der Waals surface area contributed by atoms with Crippen molar-refractivity contribution in [3.8, 4) is 0 Å². The molecule has 0 atom stereocenters. The van der Waals surface area contributed by atoms with Gasteiger partial charge in [-0.2, -0.15) is 0 Å². The predicted octanol–water partition coefficient (Wildman–Crippen LogP) is 3.12. The molecule has 6 nitrogen and oxygen atoms in total. The van der Waals surface area contributed by atoms with Crippen molar-refractivity contribution in [2.45, 2.75) is 10.6 Å². The van der Waals surface area contributed by atoms with Crippen LogP contribution >= 0.6 is 0 Å². The number of hydrogen-bond acceptors (Lipinski definition) is 5. The Balaban J connectivity index is 2.14. The van der Waals surface area contributed by atoms with Crippen LogP contribution in [-0.4, -0.2) is 18.3 Å². The fourth-order valence-electron chi connectivity index (χ4n) is 2.41. The van der Waals surface area contributed by atoms with E-state index in [1.54, 1.807) is 42.5 Å². The summed E-state index contributed by atoms with van der Waals surface area (Å²) in [6.45, 7) is 0. The van der Waals surface area contributed by atoms with Gasteiger partial charge in [0.1, 0.15) is 0 Å². The van der Waals surface area contributed by atoms with Crippen LogP contribution in [0.4, 0.5) is 5.69 Å². The van der Waals surface area contributed by atoms with Crippen LogP contribution in [0.2, 0.25) is 0 Å². The normalized spacial score (nSPS) is 11.5. The molecule has 0 spiro atoms. The van der Waals surface area contributed by atoms with Crippen molar-refractivity contribution in [2.75, 3.05) is 0 Å². The van der Waals surface area contributed by atoms with Gasteiger partial charge in [-0.05, 0) is 24.3 Å². The highest BCUT2D eigenvalue weighted by molar-refractivity contribution is 7.90. The maximum absolute atomic E-state index is 12.5. The van der Waals surface area contributed by atoms with Gasteiger partial charge in [0.2, 0.25) is 0 Å². The van der Waals surface area contributed by atoms with Crippen molar-refractivity contribution in [3.63, 3.8) is 0 Å². The lowest BCUT2D eigenvalue weighted by molar-refractivity contribution is -0.383. The van der Waals surface area contributed by atoms with Gasteiger partial charge in [-0.25, -0.2) is 8.42 Å². The molecule has 23 heavy (non-hydrogen) atoms. The summed E-state index contributed by atoms with van der Waals surface area (Å²) in [5.41, 5.74) is 0.327. The molecule has 0 saturated heterocycles. The smallest absolute Gasteiger partial charge is 0.258 e. The average Bonchev–Trinajstić information content (AvgIpc) is 2.55. The Morgan fingerprint density at radius 1 is 1.00 bits per heavy atom. The predicted molar refractivity (Wildman–Crippen MR) is 85.7 cm³/mol. The van der Waals surface area contributed by atoms with Gasteiger partial charge in [0.15, 0.2) is 9.84 Å². The monoisotopic (exact) mass is 328 g/mol. The van der Waals surface area contributed by atoms with E-state index in [0.29, 0.717) is 10.9 Å². The van der Waals surface area contributed by atoms with Gasteiger partial charge in [-0.1, -0.05) is 30.3 Å². The molecule has 0 aliphatic carbocycles. The summed E-state index contributed by atoms with van der Waals surface area (Å²) in [5.74, 6) is -0.467. The first-order valence-corrected chi connectivity index (χ1v) is 8.43. The fourth-order valence-corrected chi connectivity index (χ4v) is 3.76. The maximum Gasteiger partial charge on any atom is 0.284 e. The summed E-state index contributed by atoms with van der Waals surface area (Å²) in [7, 11) is -3.68. The van der Waals surface area contributed by atoms with Crippen LogP contribution in [-0.2, 0) is 15.6 Å². The molecule has 0 radical (unpaired) electrons. The molecule has 0 N–H and O–H groups in total. The van der Waals surface area contributed by atoms with Gasteiger partial charge in [-0.15, -0.1) is 0 Å². The zero-order valence-corrected chi connectivity index (χ0v) is 12.7. The molecular formula is C16H12N2O4S. The highest BCUT2D eigenvalue weighted by Gasteiger charge is 2.24. The van der Waals surface area contributed by atoms with E-state index < -0.39 is 20.5 Å². The van der Waals surface area contributed by atoms with Gasteiger partial charge in [0.05, 0.1) is 32.0 Å². The number of nitro groups is 1. The molecular weight excluding hydrogens is 316 g/mol. The Morgan fingerprint density at radius 2 is 1.65 bits per heavy atom. The number of pyridine rings is 1. The van der Waals surface area contributed by atoms with Crippen molar-refractivity contribution in [1.82, 2.24) is 4.98 Å². The van der Waals surface area contributed by atoms with Gasteiger partial charge in [-0.3, -0.25) is 15.1 Å². The Morgan fingerprint density at radius 3 is 2.35 bits per heavy atom. The highest BCUT2D eigenvalue weighted by Crippen LogP contribution is 2.30. The third-order valence-corrected chi connectivity index (χ3v) is 5.13. The molecule has 0 fully saturated rings. The number of nitrogens with zero attached hydrogens (tertiary/aromatic N) is 2. The number of hydrogen-bond donors (Lipinski definition) is 0. The molecule has 7 heteroatoms. The molecule has 2 aromatic carbocycles. The molecule has 1 heterocycles. The quantitative estimate of drug-likeness (QED) is 0.542. The van der Waals surface area contributed by atoms with Crippen molar-refractivity contribution in [2.24, 2.45) is 0 Å². The van der Waals surface area contributed by atoms with E-state index in [-0.39, 0.29) is 16.1 Å². The summed E-state index contributed by atoms with van der Waals surface area (Å²) in [4.78, 5) is 15.1. The maximum atomic E-state index is 12.5. The van der Waals surface area contributed by atoms with E-state index in [9.17, 15) is 18.5 Å². The topological polar surface area (TPSA) is 90.2 Å². The molecule has 0 unspecified atom stereocenters. The van der Waals surface area contributed by atoms with E-state index in [4.69, 9.17) is 0 Å². The number of fused-ring (bicyclic) bond motifs is 1. The SMILES string of the molecule is O=[N+]([O-])c1c(CS(=O)(=O)c2ccccc2)cnc2ccccc12. The number of benzene rings is 2. The Bertz CT molecular complexity index is 985. The summed E-state index contributed by atoms with van der Waals surface area (Å²) in [6.07, 6.45) is 1.26. The Hall–Kier alpha value is -2.80. The molecule has 0 bridgehead atoms. The van der Waals surface area contributed by atoms with Crippen molar-refractivity contribution in [1.29, 1.82) is 0 Å². The second kappa shape index (κ2) is 5.77.